The normalized spacial score (nSPS) is 14.2. The highest BCUT2D eigenvalue weighted by molar-refractivity contribution is 7.91. The van der Waals surface area contributed by atoms with Gasteiger partial charge in [0.25, 0.3) is 0 Å². The first-order chi connectivity index (χ1) is 13.3. The van der Waals surface area contributed by atoms with Crippen LogP contribution in [0, 0.1) is 23.0 Å². The summed E-state index contributed by atoms with van der Waals surface area (Å²) in [6.07, 6.45) is 2.40. The standard InChI is InChI=1S/C20H18F2N2O3S/c21-15-5-7-17(18(22)11-15)19(12-23)24-20(25)8-9-28(26,27)16-6-4-13-2-1-3-14(13)10-16/h4-7,10-11,19H,1-3,8-9H2,(H,24,25). The Labute approximate surface area is 161 Å². The van der Waals surface area contributed by atoms with Crippen LogP contribution < -0.4 is 5.32 Å². The molecule has 0 aliphatic heterocycles. The lowest BCUT2D eigenvalue weighted by molar-refractivity contribution is -0.121. The number of nitriles is 1. The molecule has 2 aromatic carbocycles. The fourth-order valence-electron chi connectivity index (χ4n) is 3.23. The molecule has 1 atom stereocenters. The minimum atomic E-state index is -3.67. The maximum absolute atomic E-state index is 13.8. The van der Waals surface area contributed by atoms with Crippen LogP contribution in [-0.2, 0) is 27.5 Å². The Bertz CT molecular complexity index is 1060. The van der Waals surface area contributed by atoms with Crippen molar-refractivity contribution in [3.63, 3.8) is 0 Å². The third kappa shape index (κ3) is 4.37. The molecule has 0 radical (unpaired) electrons. The zero-order chi connectivity index (χ0) is 20.3. The monoisotopic (exact) mass is 404 g/mol. The molecule has 0 fully saturated rings. The summed E-state index contributed by atoms with van der Waals surface area (Å²) in [6.45, 7) is 0. The number of nitrogens with zero attached hydrogens (tertiary/aromatic N) is 1. The summed E-state index contributed by atoms with van der Waals surface area (Å²) >= 11 is 0. The predicted octanol–water partition coefficient (Wildman–Crippen LogP) is 3.00. The topological polar surface area (TPSA) is 87.0 Å². The second-order valence-electron chi connectivity index (χ2n) is 6.65. The van der Waals surface area contributed by atoms with Crippen molar-refractivity contribution in [3.05, 3.63) is 64.7 Å². The van der Waals surface area contributed by atoms with Crippen molar-refractivity contribution in [2.75, 3.05) is 5.75 Å². The molecule has 0 saturated carbocycles. The van der Waals surface area contributed by atoms with Crippen LogP contribution in [0.3, 0.4) is 0 Å². The second-order valence-corrected chi connectivity index (χ2v) is 8.76. The molecule has 0 spiro atoms. The van der Waals surface area contributed by atoms with Crippen molar-refractivity contribution >= 4 is 15.7 Å². The average Bonchev–Trinajstić information content (AvgIpc) is 3.13. The molecule has 3 rings (SSSR count). The number of hydrogen-bond acceptors (Lipinski definition) is 4. The molecule has 5 nitrogen and oxygen atoms in total. The summed E-state index contributed by atoms with van der Waals surface area (Å²) in [5, 5.41) is 11.5. The van der Waals surface area contributed by atoms with Gasteiger partial charge in [-0.3, -0.25) is 4.79 Å². The minimum absolute atomic E-state index is 0.169. The summed E-state index contributed by atoms with van der Waals surface area (Å²) in [6, 6.07) is 8.05. The van der Waals surface area contributed by atoms with E-state index in [4.69, 9.17) is 0 Å². The first-order valence-corrected chi connectivity index (χ1v) is 10.4. The van der Waals surface area contributed by atoms with E-state index in [1.54, 1.807) is 24.3 Å². The van der Waals surface area contributed by atoms with Crippen LogP contribution in [-0.4, -0.2) is 20.1 Å². The maximum atomic E-state index is 13.8. The third-order valence-corrected chi connectivity index (χ3v) is 6.45. The van der Waals surface area contributed by atoms with Crippen LogP contribution in [0.1, 0.15) is 35.6 Å². The predicted molar refractivity (Wildman–Crippen MR) is 98.0 cm³/mol. The average molecular weight is 404 g/mol. The highest BCUT2D eigenvalue weighted by Gasteiger charge is 2.22. The van der Waals surface area contributed by atoms with E-state index in [2.05, 4.69) is 5.32 Å². The number of hydrogen-bond donors (Lipinski definition) is 1. The Morgan fingerprint density at radius 1 is 1.14 bits per heavy atom. The summed E-state index contributed by atoms with van der Waals surface area (Å²) in [5.41, 5.74) is 1.98. The van der Waals surface area contributed by atoms with Crippen molar-refractivity contribution in [3.8, 4) is 6.07 Å². The lowest BCUT2D eigenvalue weighted by Gasteiger charge is -2.13. The molecule has 0 bridgehead atoms. The molecule has 2 aromatic rings. The molecule has 1 aliphatic rings. The highest BCUT2D eigenvalue weighted by Crippen LogP contribution is 2.25. The molecular formula is C20H18F2N2O3S. The van der Waals surface area contributed by atoms with E-state index >= 15 is 0 Å². The first kappa shape index (κ1) is 20.0. The molecule has 0 aromatic heterocycles. The maximum Gasteiger partial charge on any atom is 0.222 e. The van der Waals surface area contributed by atoms with Crippen molar-refractivity contribution in [1.82, 2.24) is 5.32 Å². The Balaban J connectivity index is 1.65. The quantitative estimate of drug-likeness (QED) is 0.802. The van der Waals surface area contributed by atoms with Crippen molar-refractivity contribution in [2.24, 2.45) is 0 Å². The van der Waals surface area contributed by atoms with E-state index in [1.807, 2.05) is 0 Å². The Morgan fingerprint density at radius 3 is 2.61 bits per heavy atom. The zero-order valence-corrected chi connectivity index (χ0v) is 15.7. The smallest absolute Gasteiger partial charge is 0.222 e. The van der Waals surface area contributed by atoms with Gasteiger partial charge in [0.15, 0.2) is 9.84 Å². The number of carbonyl (C=O) groups is 1. The van der Waals surface area contributed by atoms with Gasteiger partial charge in [-0.15, -0.1) is 0 Å². The van der Waals surface area contributed by atoms with Gasteiger partial charge in [-0.2, -0.15) is 5.26 Å². The lowest BCUT2D eigenvalue weighted by Crippen LogP contribution is -2.29. The number of halogens is 2. The van der Waals surface area contributed by atoms with Gasteiger partial charge in [0.2, 0.25) is 5.91 Å². The Morgan fingerprint density at radius 2 is 1.89 bits per heavy atom. The van der Waals surface area contributed by atoms with Crippen LogP contribution in [0.4, 0.5) is 8.78 Å². The largest absolute Gasteiger partial charge is 0.337 e. The molecule has 8 heteroatoms. The number of amides is 1. The fraction of sp³-hybridized carbons (Fsp3) is 0.300. The van der Waals surface area contributed by atoms with Crippen LogP contribution in [0.5, 0.6) is 0 Å². The zero-order valence-electron chi connectivity index (χ0n) is 14.9. The summed E-state index contributed by atoms with van der Waals surface area (Å²) in [5.74, 6) is -2.90. The number of aryl methyl sites for hydroxylation is 2. The minimum Gasteiger partial charge on any atom is -0.337 e. The first-order valence-electron chi connectivity index (χ1n) is 8.78. The van der Waals surface area contributed by atoms with Crippen LogP contribution in [0.2, 0.25) is 0 Å². The van der Waals surface area contributed by atoms with Gasteiger partial charge in [0.1, 0.15) is 17.7 Å². The van der Waals surface area contributed by atoms with E-state index in [1.165, 1.54) is 0 Å². The van der Waals surface area contributed by atoms with E-state index < -0.39 is 39.2 Å². The number of carbonyl (C=O) groups excluding carboxylic acids is 1. The van der Waals surface area contributed by atoms with Crippen molar-refractivity contribution in [2.45, 2.75) is 36.6 Å². The molecule has 0 heterocycles. The number of benzene rings is 2. The summed E-state index contributed by atoms with van der Waals surface area (Å²) in [7, 11) is -3.67. The van der Waals surface area contributed by atoms with Crippen LogP contribution in [0.25, 0.3) is 0 Å². The number of sulfone groups is 1. The summed E-state index contributed by atoms with van der Waals surface area (Å²) < 4.78 is 51.8. The number of fused-ring (bicyclic) bond motifs is 1. The highest BCUT2D eigenvalue weighted by atomic mass is 32.2. The van der Waals surface area contributed by atoms with E-state index in [9.17, 15) is 27.3 Å². The van der Waals surface area contributed by atoms with Crippen molar-refractivity contribution in [1.29, 1.82) is 5.26 Å². The van der Waals surface area contributed by atoms with Gasteiger partial charge in [-0.1, -0.05) is 12.1 Å². The van der Waals surface area contributed by atoms with Gasteiger partial charge in [0.05, 0.1) is 16.7 Å². The van der Waals surface area contributed by atoms with Gasteiger partial charge in [0, 0.05) is 18.1 Å². The third-order valence-electron chi connectivity index (χ3n) is 4.73. The molecule has 1 N–H and O–H groups in total. The van der Waals surface area contributed by atoms with Gasteiger partial charge < -0.3 is 5.32 Å². The van der Waals surface area contributed by atoms with Crippen molar-refractivity contribution < 1.29 is 22.0 Å². The Hall–Kier alpha value is -2.79. The van der Waals surface area contributed by atoms with Gasteiger partial charge >= 0.3 is 0 Å². The summed E-state index contributed by atoms with van der Waals surface area (Å²) in [4.78, 5) is 12.3. The van der Waals surface area contributed by atoms with Gasteiger partial charge in [-0.25, -0.2) is 17.2 Å². The van der Waals surface area contributed by atoms with E-state index in [0.29, 0.717) is 6.07 Å². The molecule has 1 aliphatic carbocycles. The molecule has 1 amide bonds. The number of nitrogens with one attached hydrogen (secondary N) is 1. The molecule has 1 unspecified atom stereocenters. The Kier molecular flexibility index (Phi) is 5.75. The number of rotatable bonds is 6. The van der Waals surface area contributed by atoms with E-state index in [-0.39, 0.29) is 16.9 Å². The van der Waals surface area contributed by atoms with Crippen LogP contribution >= 0.6 is 0 Å². The molecule has 0 saturated heterocycles. The SMILES string of the molecule is N#CC(NC(=O)CCS(=O)(=O)c1ccc2c(c1)CCC2)c1ccc(F)cc1F. The van der Waals surface area contributed by atoms with Gasteiger partial charge in [-0.05, 0) is 48.6 Å². The fourth-order valence-corrected chi connectivity index (χ4v) is 4.52. The van der Waals surface area contributed by atoms with E-state index in [0.717, 1.165) is 42.5 Å². The molecular weight excluding hydrogens is 386 g/mol. The second kappa shape index (κ2) is 8.07. The van der Waals surface area contributed by atoms with Crippen LogP contribution in [0.15, 0.2) is 41.3 Å². The molecule has 146 valence electrons. The molecule has 28 heavy (non-hydrogen) atoms. The lowest BCUT2D eigenvalue weighted by atomic mass is 10.1.